The van der Waals surface area contributed by atoms with E-state index in [2.05, 4.69) is 0 Å². The highest BCUT2D eigenvalue weighted by molar-refractivity contribution is 5.87. The molecule has 0 saturated carbocycles. The summed E-state index contributed by atoms with van der Waals surface area (Å²) in [5.41, 5.74) is 0.262. The molecule has 0 bridgehead atoms. The first-order valence-electron chi connectivity index (χ1n) is 5.12. The summed E-state index contributed by atoms with van der Waals surface area (Å²) in [5.74, 6) is -0.257. The Morgan fingerprint density at radius 1 is 1.38 bits per heavy atom. The molecule has 88 valence electrons. The van der Waals surface area contributed by atoms with Crippen LogP contribution >= 0.6 is 0 Å². The van der Waals surface area contributed by atoms with E-state index in [0.29, 0.717) is 12.4 Å². The van der Waals surface area contributed by atoms with E-state index in [4.69, 9.17) is 14.6 Å². The van der Waals surface area contributed by atoms with Gasteiger partial charge in [0.25, 0.3) is 0 Å². The maximum Gasteiger partial charge on any atom is 0.335 e. The second-order valence-electron chi connectivity index (χ2n) is 3.51. The molecule has 1 unspecified atom stereocenters. The van der Waals surface area contributed by atoms with Crippen LogP contribution in [0.3, 0.4) is 0 Å². The molecule has 0 amide bonds. The fraction of sp³-hybridized carbons (Fsp3) is 0.417. The van der Waals surface area contributed by atoms with Gasteiger partial charge in [0.05, 0.1) is 18.3 Å². The molecule has 0 radical (unpaired) electrons. The molecule has 1 rings (SSSR count). The summed E-state index contributed by atoms with van der Waals surface area (Å²) in [4.78, 5) is 10.6. The molecule has 0 aromatic heterocycles. The van der Waals surface area contributed by atoms with Crippen molar-refractivity contribution >= 4 is 5.97 Å². The van der Waals surface area contributed by atoms with E-state index < -0.39 is 5.97 Å². The molecule has 0 heterocycles. The lowest BCUT2D eigenvalue weighted by Gasteiger charge is -2.10. The Morgan fingerprint density at radius 3 is 2.50 bits per heavy atom. The zero-order valence-corrected chi connectivity index (χ0v) is 9.47. The van der Waals surface area contributed by atoms with Crippen molar-refractivity contribution in [2.24, 2.45) is 0 Å². The third kappa shape index (κ3) is 3.90. The maximum atomic E-state index is 10.6. The van der Waals surface area contributed by atoms with Gasteiger partial charge in [-0.05, 0) is 31.2 Å². The Balaban J connectivity index is 2.40. The number of methoxy groups -OCH3 is 1. The predicted molar refractivity (Wildman–Crippen MR) is 60.0 cm³/mol. The van der Waals surface area contributed by atoms with Crippen LogP contribution in [0, 0.1) is 0 Å². The molecule has 0 aliphatic rings. The molecule has 4 nitrogen and oxygen atoms in total. The zero-order valence-electron chi connectivity index (χ0n) is 9.47. The molecule has 0 saturated heterocycles. The van der Waals surface area contributed by atoms with E-state index in [0.717, 1.165) is 6.42 Å². The Bertz CT molecular complexity index is 331. The molecule has 4 heteroatoms. The maximum absolute atomic E-state index is 10.6. The van der Waals surface area contributed by atoms with Gasteiger partial charge in [0.2, 0.25) is 0 Å². The molecule has 0 aliphatic heterocycles. The normalized spacial score (nSPS) is 12.1. The smallest absolute Gasteiger partial charge is 0.335 e. The first-order chi connectivity index (χ1) is 7.63. The number of carboxylic acid groups (broad SMARTS) is 1. The zero-order chi connectivity index (χ0) is 12.0. The number of ether oxygens (including phenoxy) is 2. The first-order valence-corrected chi connectivity index (χ1v) is 5.12. The number of benzene rings is 1. The summed E-state index contributed by atoms with van der Waals surface area (Å²) in [6.45, 7) is 2.53. The minimum absolute atomic E-state index is 0.165. The summed E-state index contributed by atoms with van der Waals surface area (Å²) in [7, 11) is 1.66. The van der Waals surface area contributed by atoms with Gasteiger partial charge in [0.1, 0.15) is 5.75 Å². The van der Waals surface area contributed by atoms with Gasteiger partial charge >= 0.3 is 5.97 Å². The summed E-state index contributed by atoms with van der Waals surface area (Å²) >= 11 is 0. The largest absolute Gasteiger partial charge is 0.493 e. The Kier molecular flexibility index (Phi) is 4.79. The van der Waals surface area contributed by atoms with Gasteiger partial charge < -0.3 is 14.6 Å². The second kappa shape index (κ2) is 6.12. The standard InChI is InChI=1S/C12H16O4/c1-9(15-2)7-8-16-11-5-3-10(4-6-11)12(13)14/h3-6,9H,7-8H2,1-2H3,(H,13,14). The molecule has 0 aliphatic carbocycles. The summed E-state index contributed by atoms with van der Waals surface area (Å²) < 4.78 is 10.5. The Hall–Kier alpha value is -1.55. The fourth-order valence-corrected chi connectivity index (χ4v) is 1.15. The summed E-state index contributed by atoms with van der Waals surface area (Å²) in [6.07, 6.45) is 0.968. The molecule has 0 fully saturated rings. The van der Waals surface area contributed by atoms with E-state index in [1.165, 1.54) is 12.1 Å². The lowest BCUT2D eigenvalue weighted by atomic mass is 10.2. The fourth-order valence-electron chi connectivity index (χ4n) is 1.15. The molecule has 1 N–H and O–H groups in total. The number of hydrogen-bond acceptors (Lipinski definition) is 3. The molecular formula is C12H16O4. The average Bonchev–Trinajstić information content (AvgIpc) is 2.29. The van der Waals surface area contributed by atoms with Crippen LogP contribution in [0.5, 0.6) is 5.75 Å². The predicted octanol–water partition coefficient (Wildman–Crippen LogP) is 2.19. The van der Waals surface area contributed by atoms with Gasteiger partial charge in [-0.25, -0.2) is 4.79 Å². The van der Waals surface area contributed by atoms with E-state index in [1.807, 2.05) is 6.92 Å². The third-order valence-electron chi connectivity index (χ3n) is 2.30. The van der Waals surface area contributed by atoms with Crippen molar-refractivity contribution in [1.82, 2.24) is 0 Å². The van der Waals surface area contributed by atoms with E-state index in [9.17, 15) is 4.79 Å². The molecule has 0 spiro atoms. The van der Waals surface area contributed by atoms with Crippen molar-refractivity contribution in [2.75, 3.05) is 13.7 Å². The molecule has 16 heavy (non-hydrogen) atoms. The van der Waals surface area contributed by atoms with Crippen LogP contribution in [0.25, 0.3) is 0 Å². The number of hydrogen-bond donors (Lipinski definition) is 1. The highest BCUT2D eigenvalue weighted by Gasteiger charge is 2.03. The lowest BCUT2D eigenvalue weighted by Crippen LogP contribution is -2.10. The van der Waals surface area contributed by atoms with Gasteiger partial charge in [0.15, 0.2) is 0 Å². The number of aromatic carboxylic acids is 1. The number of carboxylic acids is 1. The van der Waals surface area contributed by atoms with Crippen LogP contribution in [0.1, 0.15) is 23.7 Å². The van der Waals surface area contributed by atoms with Crippen molar-refractivity contribution < 1.29 is 19.4 Å². The van der Waals surface area contributed by atoms with Gasteiger partial charge in [-0.3, -0.25) is 0 Å². The van der Waals surface area contributed by atoms with Gasteiger partial charge in [-0.15, -0.1) is 0 Å². The quantitative estimate of drug-likeness (QED) is 0.804. The van der Waals surface area contributed by atoms with Crippen LogP contribution in [0.15, 0.2) is 24.3 Å². The van der Waals surface area contributed by atoms with Crippen LogP contribution in [0.4, 0.5) is 0 Å². The molecular weight excluding hydrogens is 208 g/mol. The van der Waals surface area contributed by atoms with E-state index in [-0.39, 0.29) is 11.7 Å². The molecule has 1 aromatic carbocycles. The van der Waals surface area contributed by atoms with Gasteiger partial charge in [-0.1, -0.05) is 0 Å². The number of carbonyl (C=O) groups is 1. The van der Waals surface area contributed by atoms with Crippen LogP contribution in [-0.4, -0.2) is 30.9 Å². The van der Waals surface area contributed by atoms with Crippen molar-refractivity contribution in [2.45, 2.75) is 19.4 Å². The Labute approximate surface area is 94.8 Å². The number of rotatable bonds is 6. The highest BCUT2D eigenvalue weighted by atomic mass is 16.5. The topological polar surface area (TPSA) is 55.8 Å². The van der Waals surface area contributed by atoms with Crippen LogP contribution in [0.2, 0.25) is 0 Å². The lowest BCUT2D eigenvalue weighted by molar-refractivity contribution is 0.0697. The third-order valence-corrected chi connectivity index (χ3v) is 2.30. The van der Waals surface area contributed by atoms with Crippen molar-refractivity contribution in [3.63, 3.8) is 0 Å². The summed E-state index contributed by atoms with van der Waals surface area (Å²) in [6, 6.07) is 6.36. The van der Waals surface area contributed by atoms with Crippen molar-refractivity contribution in [3.8, 4) is 5.75 Å². The average molecular weight is 224 g/mol. The molecule has 1 atom stereocenters. The van der Waals surface area contributed by atoms with E-state index >= 15 is 0 Å². The minimum Gasteiger partial charge on any atom is -0.493 e. The SMILES string of the molecule is COC(C)CCOc1ccc(C(=O)O)cc1. The van der Waals surface area contributed by atoms with E-state index in [1.54, 1.807) is 19.2 Å². The van der Waals surface area contributed by atoms with Crippen molar-refractivity contribution in [1.29, 1.82) is 0 Å². The van der Waals surface area contributed by atoms with Crippen LogP contribution < -0.4 is 4.74 Å². The highest BCUT2D eigenvalue weighted by Crippen LogP contribution is 2.12. The monoisotopic (exact) mass is 224 g/mol. The first kappa shape index (κ1) is 12.5. The second-order valence-corrected chi connectivity index (χ2v) is 3.51. The van der Waals surface area contributed by atoms with Gasteiger partial charge in [0, 0.05) is 13.5 Å². The summed E-state index contributed by atoms with van der Waals surface area (Å²) in [5, 5.41) is 8.70. The Morgan fingerprint density at radius 2 is 2.00 bits per heavy atom. The van der Waals surface area contributed by atoms with Gasteiger partial charge in [-0.2, -0.15) is 0 Å². The van der Waals surface area contributed by atoms with Crippen molar-refractivity contribution in [3.05, 3.63) is 29.8 Å². The van der Waals surface area contributed by atoms with Crippen LogP contribution in [-0.2, 0) is 4.74 Å². The molecule has 1 aromatic rings. The minimum atomic E-state index is -0.931.